The van der Waals surface area contributed by atoms with Gasteiger partial charge in [0.25, 0.3) is 11.8 Å². The normalized spacial score (nSPS) is 28.2. The maximum Gasteiger partial charge on any atom is 0.260 e. The molecule has 11 heteroatoms. The Morgan fingerprint density at radius 2 is 1.72 bits per heavy atom. The molecular formula is C36H33Cl2N3O6. The third kappa shape index (κ3) is 4.65. The van der Waals surface area contributed by atoms with Gasteiger partial charge in [-0.25, -0.2) is 0 Å². The Hall–Kier alpha value is -4.34. The van der Waals surface area contributed by atoms with Gasteiger partial charge >= 0.3 is 0 Å². The predicted molar refractivity (Wildman–Crippen MR) is 176 cm³/mol. The highest BCUT2D eigenvalue weighted by molar-refractivity contribution is 6.36. The molecule has 2 heterocycles. The van der Waals surface area contributed by atoms with E-state index >= 15 is 4.79 Å². The van der Waals surface area contributed by atoms with E-state index in [9.17, 15) is 19.5 Å². The third-order valence-corrected chi connectivity index (χ3v) is 10.9. The monoisotopic (exact) mass is 673 g/mol. The Bertz CT molecular complexity index is 1840. The van der Waals surface area contributed by atoms with Crippen molar-refractivity contribution in [2.45, 2.75) is 37.5 Å². The van der Waals surface area contributed by atoms with Crippen LogP contribution < -0.4 is 10.2 Å². The number of phenolic OH excluding ortho intramolecular Hbond substituents is 1. The lowest BCUT2D eigenvalue weighted by Crippen LogP contribution is -2.53. The van der Waals surface area contributed by atoms with Crippen molar-refractivity contribution < 1.29 is 29.0 Å². The zero-order chi connectivity index (χ0) is 33.2. The number of nitrogens with one attached hydrogen (secondary N) is 1. The number of carbonyl (C=O) groups is 4. The predicted octanol–water partition coefficient (Wildman–Crippen LogP) is 6.10. The highest BCUT2D eigenvalue weighted by atomic mass is 35.5. The number of imide groups is 2. The summed E-state index contributed by atoms with van der Waals surface area (Å²) in [5, 5.41) is 12.3. The average Bonchev–Trinajstić information content (AvgIpc) is 3.43. The number of rotatable bonds is 7. The van der Waals surface area contributed by atoms with E-state index in [2.05, 4.69) is 5.43 Å². The second-order valence-electron chi connectivity index (χ2n) is 12.6. The number of anilines is 1. The van der Waals surface area contributed by atoms with Crippen LogP contribution in [0.3, 0.4) is 0 Å². The van der Waals surface area contributed by atoms with Crippen molar-refractivity contribution >= 4 is 52.5 Å². The molecule has 7 rings (SSSR count). The molecule has 242 valence electrons. The van der Waals surface area contributed by atoms with E-state index in [1.807, 2.05) is 19.1 Å². The standard InChI is InChI=1S/C36H33Cl2N3O6/c1-3-15-40-32(43)25-13-12-24-26(30(25)34(40)45)18-27-33(44)41(39-29-14-9-21(37)17-28(29)38)35(46)36(27,20-7-10-23(47-2)11-8-20)31(24)19-5-4-6-22(42)16-19/h4-12,14,16-17,25-27,30-31,39,42H,3,13,15,18H2,1-2H3. The van der Waals surface area contributed by atoms with Gasteiger partial charge in [-0.3, -0.25) is 29.5 Å². The molecule has 6 unspecified atom stereocenters. The van der Waals surface area contributed by atoms with Gasteiger partial charge < -0.3 is 9.84 Å². The minimum Gasteiger partial charge on any atom is -0.508 e. The van der Waals surface area contributed by atoms with E-state index in [0.717, 1.165) is 10.6 Å². The summed E-state index contributed by atoms with van der Waals surface area (Å²) < 4.78 is 5.43. The maximum atomic E-state index is 15.2. The van der Waals surface area contributed by atoms with Crippen molar-refractivity contribution in [2.24, 2.45) is 23.7 Å². The maximum absolute atomic E-state index is 15.2. The van der Waals surface area contributed by atoms with Crippen molar-refractivity contribution in [1.29, 1.82) is 0 Å². The lowest BCUT2D eigenvalue weighted by Gasteiger charge is -2.50. The Morgan fingerprint density at radius 1 is 0.957 bits per heavy atom. The molecule has 47 heavy (non-hydrogen) atoms. The number of hydrogen-bond acceptors (Lipinski definition) is 7. The summed E-state index contributed by atoms with van der Waals surface area (Å²) in [7, 11) is 1.55. The van der Waals surface area contributed by atoms with E-state index in [4.69, 9.17) is 27.9 Å². The molecule has 2 aliphatic carbocycles. The van der Waals surface area contributed by atoms with Gasteiger partial charge in [0.1, 0.15) is 11.5 Å². The van der Waals surface area contributed by atoms with Crippen LogP contribution in [-0.4, -0.2) is 52.3 Å². The molecule has 0 bridgehead atoms. The number of allylic oxidation sites excluding steroid dienone is 2. The molecule has 2 aliphatic heterocycles. The van der Waals surface area contributed by atoms with Crippen LogP contribution in [0.1, 0.15) is 43.2 Å². The Kier molecular flexibility index (Phi) is 7.80. The largest absolute Gasteiger partial charge is 0.508 e. The summed E-state index contributed by atoms with van der Waals surface area (Å²) in [6.07, 6.45) is 3.14. The van der Waals surface area contributed by atoms with Crippen LogP contribution in [-0.2, 0) is 24.6 Å². The smallest absolute Gasteiger partial charge is 0.260 e. The first-order valence-electron chi connectivity index (χ1n) is 15.7. The van der Waals surface area contributed by atoms with Gasteiger partial charge in [0.2, 0.25) is 11.8 Å². The molecule has 4 aliphatic rings. The summed E-state index contributed by atoms with van der Waals surface area (Å²) in [5.41, 5.74) is 3.84. The number of likely N-dealkylation sites (tertiary alicyclic amines) is 1. The fourth-order valence-corrected chi connectivity index (χ4v) is 8.88. The third-order valence-electron chi connectivity index (χ3n) is 10.3. The minimum atomic E-state index is -1.48. The fraction of sp³-hybridized carbons (Fsp3) is 0.333. The van der Waals surface area contributed by atoms with Crippen molar-refractivity contribution in [3.63, 3.8) is 0 Å². The molecule has 1 saturated carbocycles. The van der Waals surface area contributed by atoms with Crippen LogP contribution in [0, 0.1) is 23.7 Å². The van der Waals surface area contributed by atoms with E-state index in [1.165, 1.54) is 11.0 Å². The highest BCUT2D eigenvalue weighted by Gasteiger charge is 2.70. The van der Waals surface area contributed by atoms with Gasteiger partial charge in [-0.15, -0.1) is 0 Å². The zero-order valence-corrected chi connectivity index (χ0v) is 27.3. The van der Waals surface area contributed by atoms with Gasteiger partial charge in [-0.2, -0.15) is 5.01 Å². The van der Waals surface area contributed by atoms with Crippen LogP contribution >= 0.6 is 23.2 Å². The lowest BCUT2D eigenvalue weighted by atomic mass is 9.49. The second-order valence-corrected chi connectivity index (χ2v) is 13.5. The summed E-state index contributed by atoms with van der Waals surface area (Å²) in [5.74, 6) is -4.17. The summed E-state index contributed by atoms with van der Waals surface area (Å²) in [4.78, 5) is 58.6. The first kappa shape index (κ1) is 31.3. The Morgan fingerprint density at radius 3 is 2.40 bits per heavy atom. The molecule has 6 atom stereocenters. The van der Waals surface area contributed by atoms with E-state index in [1.54, 1.807) is 61.7 Å². The molecule has 4 amide bonds. The van der Waals surface area contributed by atoms with Gasteiger partial charge in [-0.05, 0) is 78.8 Å². The number of amides is 4. The number of carbonyl (C=O) groups excluding carboxylic acids is 4. The van der Waals surface area contributed by atoms with Crippen LogP contribution in [0.15, 0.2) is 78.4 Å². The summed E-state index contributed by atoms with van der Waals surface area (Å²) in [6, 6.07) is 18.5. The molecule has 0 spiro atoms. The van der Waals surface area contributed by atoms with E-state index in [-0.39, 0.29) is 29.0 Å². The van der Waals surface area contributed by atoms with Gasteiger partial charge in [0.15, 0.2) is 0 Å². The summed E-state index contributed by atoms with van der Waals surface area (Å²) in [6.45, 7) is 2.25. The molecule has 2 N–H and O–H groups in total. The molecule has 3 aromatic carbocycles. The highest BCUT2D eigenvalue weighted by Crippen LogP contribution is 2.64. The first-order valence-corrected chi connectivity index (χ1v) is 16.5. The van der Waals surface area contributed by atoms with Crippen molar-refractivity contribution in [2.75, 3.05) is 19.1 Å². The van der Waals surface area contributed by atoms with Gasteiger partial charge in [-0.1, -0.05) is 66.0 Å². The number of hydrogen-bond donors (Lipinski definition) is 2. The summed E-state index contributed by atoms with van der Waals surface area (Å²) >= 11 is 12.6. The van der Waals surface area contributed by atoms with E-state index < -0.39 is 46.8 Å². The Balaban J connectivity index is 1.45. The molecule has 9 nitrogen and oxygen atoms in total. The number of methoxy groups -OCH3 is 1. The van der Waals surface area contributed by atoms with Gasteiger partial charge in [0.05, 0.1) is 41.0 Å². The number of phenols is 1. The molecule has 0 radical (unpaired) electrons. The lowest BCUT2D eigenvalue weighted by molar-refractivity contribution is -0.141. The Labute approximate surface area is 282 Å². The number of halogens is 2. The number of ether oxygens (including phenoxy) is 1. The average molecular weight is 675 g/mol. The van der Waals surface area contributed by atoms with Crippen molar-refractivity contribution in [3.05, 3.63) is 99.6 Å². The topological polar surface area (TPSA) is 116 Å². The number of nitrogens with zero attached hydrogens (tertiary/aromatic N) is 2. The fourth-order valence-electron chi connectivity index (χ4n) is 8.43. The van der Waals surface area contributed by atoms with E-state index in [0.29, 0.717) is 47.0 Å². The van der Waals surface area contributed by atoms with Crippen molar-refractivity contribution in [1.82, 2.24) is 9.91 Å². The number of fused-ring (bicyclic) bond motifs is 4. The molecule has 3 aromatic rings. The number of aromatic hydroxyl groups is 1. The SMILES string of the molecule is CCCN1C(=O)C2CC=C3C(CC4C(=O)N(Nc5ccc(Cl)cc5Cl)C(=O)C4(c4ccc(OC)cc4)C3c3cccc(O)c3)C2C1=O. The molecule has 2 saturated heterocycles. The first-order chi connectivity index (χ1) is 22.6. The molecular weight excluding hydrogens is 641 g/mol. The van der Waals surface area contributed by atoms with Crippen LogP contribution in [0.2, 0.25) is 10.0 Å². The zero-order valence-electron chi connectivity index (χ0n) is 25.8. The number of hydrazine groups is 1. The van der Waals surface area contributed by atoms with Crippen molar-refractivity contribution in [3.8, 4) is 11.5 Å². The molecule has 0 aromatic heterocycles. The quantitative estimate of drug-likeness (QED) is 0.230. The number of benzene rings is 3. The van der Waals surface area contributed by atoms with Crippen LogP contribution in [0.4, 0.5) is 5.69 Å². The second kappa shape index (κ2) is 11.7. The molecule has 3 fully saturated rings. The van der Waals surface area contributed by atoms with Gasteiger partial charge in [0, 0.05) is 17.5 Å². The minimum absolute atomic E-state index is 0.00119. The van der Waals surface area contributed by atoms with Crippen LogP contribution in [0.5, 0.6) is 11.5 Å². The van der Waals surface area contributed by atoms with Crippen LogP contribution in [0.25, 0.3) is 0 Å².